The molecule has 3 atom stereocenters. The highest BCUT2D eigenvalue weighted by Gasteiger charge is 2.42. The van der Waals surface area contributed by atoms with Crippen LogP contribution in [0.4, 0.5) is 0 Å². The van der Waals surface area contributed by atoms with Crippen LogP contribution in [0.5, 0.6) is 0 Å². The fourth-order valence-electron chi connectivity index (χ4n) is 3.24. The number of nitrogens with zero attached hydrogens (tertiary/aromatic N) is 1. The molecule has 2 rings (SSSR count). The molecule has 0 aromatic carbocycles. The van der Waals surface area contributed by atoms with Gasteiger partial charge in [0.05, 0.1) is 6.10 Å². The van der Waals surface area contributed by atoms with Crippen molar-refractivity contribution in [3.8, 4) is 0 Å². The summed E-state index contributed by atoms with van der Waals surface area (Å²) in [6.45, 7) is 7.92. The van der Waals surface area contributed by atoms with Crippen LogP contribution in [0.1, 0.15) is 46.5 Å². The van der Waals surface area contributed by atoms with E-state index in [0.29, 0.717) is 19.0 Å². The average Bonchev–Trinajstić information content (AvgIpc) is 2.78. The first-order chi connectivity index (χ1) is 8.37. The Kier molecular flexibility index (Phi) is 3.97. The summed E-state index contributed by atoms with van der Waals surface area (Å²) in [6.07, 6.45) is 3.30. The standard InChI is InChI=1S/C14H26N2O2/c1-14(2,3)8-10(17)9-15-11-7-13(18)16-6-4-5-12(11)16/h10-12,15,17H,4-9H2,1-3H3. The first-order valence-electron chi connectivity index (χ1n) is 7.08. The molecule has 0 bridgehead atoms. The monoisotopic (exact) mass is 254 g/mol. The Bertz CT molecular complexity index is 311. The lowest BCUT2D eigenvalue weighted by Crippen LogP contribution is -2.43. The third-order valence-corrected chi connectivity index (χ3v) is 3.94. The molecule has 0 radical (unpaired) electrons. The lowest BCUT2D eigenvalue weighted by molar-refractivity contribution is -0.127. The van der Waals surface area contributed by atoms with E-state index in [9.17, 15) is 9.90 Å². The van der Waals surface area contributed by atoms with Gasteiger partial charge in [-0.15, -0.1) is 0 Å². The Labute approximate surface area is 110 Å². The van der Waals surface area contributed by atoms with E-state index in [0.717, 1.165) is 25.8 Å². The van der Waals surface area contributed by atoms with Crippen LogP contribution in [0.2, 0.25) is 0 Å². The number of aliphatic hydroxyl groups is 1. The van der Waals surface area contributed by atoms with Gasteiger partial charge in [0.15, 0.2) is 0 Å². The molecular weight excluding hydrogens is 228 g/mol. The molecule has 18 heavy (non-hydrogen) atoms. The van der Waals surface area contributed by atoms with Crippen molar-refractivity contribution in [1.82, 2.24) is 10.2 Å². The summed E-state index contributed by atoms with van der Waals surface area (Å²) in [6, 6.07) is 0.619. The largest absolute Gasteiger partial charge is 0.392 e. The van der Waals surface area contributed by atoms with Crippen molar-refractivity contribution in [2.75, 3.05) is 13.1 Å². The minimum absolute atomic E-state index is 0.145. The topological polar surface area (TPSA) is 52.6 Å². The van der Waals surface area contributed by atoms with Gasteiger partial charge >= 0.3 is 0 Å². The van der Waals surface area contributed by atoms with Gasteiger partial charge in [-0.2, -0.15) is 0 Å². The summed E-state index contributed by atoms with van der Waals surface area (Å²) in [5, 5.41) is 13.4. The second kappa shape index (κ2) is 5.17. The highest BCUT2D eigenvalue weighted by atomic mass is 16.3. The Morgan fingerprint density at radius 2 is 2.22 bits per heavy atom. The Morgan fingerprint density at radius 1 is 1.50 bits per heavy atom. The van der Waals surface area contributed by atoms with Gasteiger partial charge in [0.25, 0.3) is 0 Å². The van der Waals surface area contributed by atoms with Gasteiger partial charge in [-0.3, -0.25) is 4.79 Å². The van der Waals surface area contributed by atoms with Crippen molar-refractivity contribution in [1.29, 1.82) is 0 Å². The van der Waals surface area contributed by atoms with Crippen LogP contribution in [0.3, 0.4) is 0 Å². The van der Waals surface area contributed by atoms with E-state index in [1.807, 2.05) is 4.90 Å². The van der Waals surface area contributed by atoms with E-state index in [1.165, 1.54) is 0 Å². The van der Waals surface area contributed by atoms with Crippen LogP contribution >= 0.6 is 0 Å². The van der Waals surface area contributed by atoms with Crippen molar-refractivity contribution in [2.24, 2.45) is 5.41 Å². The molecule has 2 aliphatic heterocycles. The molecule has 2 N–H and O–H groups in total. The number of hydrogen-bond donors (Lipinski definition) is 2. The van der Waals surface area contributed by atoms with Crippen LogP contribution < -0.4 is 5.32 Å². The van der Waals surface area contributed by atoms with Crippen molar-refractivity contribution in [3.63, 3.8) is 0 Å². The first kappa shape index (κ1) is 13.8. The summed E-state index contributed by atoms with van der Waals surface area (Å²) in [5.41, 5.74) is 0.145. The SMILES string of the molecule is CC(C)(C)CC(O)CNC1CC(=O)N2CCCC12. The minimum atomic E-state index is -0.324. The van der Waals surface area contributed by atoms with Gasteiger partial charge in [-0.1, -0.05) is 20.8 Å². The molecule has 0 saturated carbocycles. The molecule has 2 saturated heterocycles. The van der Waals surface area contributed by atoms with Crippen LogP contribution in [0, 0.1) is 5.41 Å². The molecule has 104 valence electrons. The summed E-state index contributed by atoms with van der Waals surface area (Å²) < 4.78 is 0. The molecule has 4 nitrogen and oxygen atoms in total. The molecule has 3 unspecified atom stereocenters. The second-order valence-electron chi connectivity index (χ2n) is 6.93. The van der Waals surface area contributed by atoms with Crippen molar-refractivity contribution < 1.29 is 9.90 Å². The van der Waals surface area contributed by atoms with Crippen LogP contribution in [0.15, 0.2) is 0 Å². The van der Waals surface area contributed by atoms with Gasteiger partial charge in [-0.25, -0.2) is 0 Å². The number of hydrogen-bond acceptors (Lipinski definition) is 3. The maximum atomic E-state index is 11.8. The van der Waals surface area contributed by atoms with E-state index < -0.39 is 0 Å². The zero-order valence-corrected chi connectivity index (χ0v) is 11.8. The highest BCUT2D eigenvalue weighted by molar-refractivity contribution is 5.80. The number of amides is 1. The smallest absolute Gasteiger partial charge is 0.224 e. The Balaban J connectivity index is 1.79. The third-order valence-electron chi connectivity index (χ3n) is 3.94. The van der Waals surface area contributed by atoms with Gasteiger partial charge < -0.3 is 15.3 Å². The normalized spacial score (nSPS) is 29.8. The second-order valence-corrected chi connectivity index (χ2v) is 6.93. The first-order valence-corrected chi connectivity index (χ1v) is 7.08. The lowest BCUT2D eigenvalue weighted by Gasteiger charge is -2.25. The van der Waals surface area contributed by atoms with E-state index in [1.54, 1.807) is 0 Å². The molecule has 0 aromatic rings. The quantitative estimate of drug-likeness (QED) is 0.791. The molecule has 1 amide bonds. The van der Waals surface area contributed by atoms with Crippen molar-refractivity contribution in [3.05, 3.63) is 0 Å². The summed E-state index contributed by atoms with van der Waals surface area (Å²) in [5.74, 6) is 0.278. The third kappa shape index (κ3) is 3.23. The number of aliphatic hydroxyl groups excluding tert-OH is 1. The van der Waals surface area contributed by atoms with Gasteiger partial charge in [0.1, 0.15) is 0 Å². The van der Waals surface area contributed by atoms with Gasteiger partial charge in [-0.05, 0) is 24.7 Å². The molecule has 0 aromatic heterocycles. The number of rotatable bonds is 4. The zero-order chi connectivity index (χ0) is 13.3. The van der Waals surface area contributed by atoms with Crippen molar-refractivity contribution in [2.45, 2.75) is 64.6 Å². The molecule has 0 spiro atoms. The van der Waals surface area contributed by atoms with Crippen LogP contribution in [-0.2, 0) is 4.79 Å². The van der Waals surface area contributed by atoms with Crippen molar-refractivity contribution >= 4 is 5.91 Å². The summed E-state index contributed by atoms with van der Waals surface area (Å²) in [4.78, 5) is 13.8. The van der Waals surface area contributed by atoms with Gasteiger partial charge in [0, 0.05) is 31.6 Å². The van der Waals surface area contributed by atoms with E-state index >= 15 is 0 Å². The zero-order valence-electron chi connectivity index (χ0n) is 11.8. The number of carbonyl (C=O) groups excluding carboxylic acids is 1. The predicted octanol–water partition coefficient (Wildman–Crippen LogP) is 1.14. The Morgan fingerprint density at radius 3 is 2.89 bits per heavy atom. The van der Waals surface area contributed by atoms with E-state index in [-0.39, 0.29) is 23.5 Å². The van der Waals surface area contributed by atoms with Gasteiger partial charge in [0.2, 0.25) is 5.91 Å². The predicted molar refractivity (Wildman–Crippen MR) is 71.2 cm³/mol. The average molecular weight is 254 g/mol. The molecule has 2 heterocycles. The lowest BCUT2D eigenvalue weighted by atomic mass is 9.89. The number of carbonyl (C=O) groups is 1. The maximum absolute atomic E-state index is 11.8. The highest BCUT2D eigenvalue weighted by Crippen LogP contribution is 2.29. The molecule has 4 heteroatoms. The number of fused-ring (bicyclic) bond motifs is 1. The van der Waals surface area contributed by atoms with Crippen LogP contribution in [-0.4, -0.2) is 47.2 Å². The van der Waals surface area contributed by atoms with Crippen LogP contribution in [0.25, 0.3) is 0 Å². The fraction of sp³-hybridized carbons (Fsp3) is 0.929. The van der Waals surface area contributed by atoms with E-state index in [4.69, 9.17) is 0 Å². The minimum Gasteiger partial charge on any atom is -0.392 e. The summed E-state index contributed by atoms with van der Waals surface area (Å²) >= 11 is 0. The fourth-order valence-corrected chi connectivity index (χ4v) is 3.24. The number of nitrogens with one attached hydrogen (secondary N) is 1. The Hall–Kier alpha value is -0.610. The maximum Gasteiger partial charge on any atom is 0.224 e. The molecular formula is C14H26N2O2. The van der Waals surface area contributed by atoms with E-state index in [2.05, 4.69) is 26.1 Å². The summed E-state index contributed by atoms with van der Waals surface area (Å²) in [7, 11) is 0. The molecule has 2 fully saturated rings. The molecule has 0 aliphatic carbocycles. The molecule has 2 aliphatic rings.